The largest absolute Gasteiger partial charge is 0.350 e. The summed E-state index contributed by atoms with van der Waals surface area (Å²) in [4.78, 5) is 16.6. The zero-order chi connectivity index (χ0) is 13.5. The summed E-state index contributed by atoms with van der Waals surface area (Å²) in [6.07, 6.45) is 0.985. The molecule has 2 rings (SSSR count). The summed E-state index contributed by atoms with van der Waals surface area (Å²) < 4.78 is 1.59. The average molecular weight is 242 g/mol. The molecule has 94 valence electrons. The summed E-state index contributed by atoms with van der Waals surface area (Å²) in [5.74, 6) is 0.750. The zero-order valence-electron chi connectivity index (χ0n) is 11.7. The first-order valence-corrected chi connectivity index (χ1v) is 6.24. The van der Waals surface area contributed by atoms with Gasteiger partial charge in [0.25, 0.3) is 0 Å². The monoisotopic (exact) mass is 242 g/mol. The lowest BCUT2D eigenvalue weighted by atomic mass is 9.88. The Labute approximate surface area is 108 Å². The molecule has 0 aliphatic rings. The number of rotatable bonds is 1. The van der Waals surface area contributed by atoms with Crippen molar-refractivity contribution in [2.45, 2.75) is 34.1 Å². The van der Waals surface area contributed by atoms with Crippen LogP contribution in [0.5, 0.6) is 0 Å². The van der Waals surface area contributed by atoms with E-state index in [1.807, 2.05) is 25.1 Å². The SMILES string of the molecule is Bn1c(C)nc2cc(CC(C)(C)C)ccc2c1=O. The van der Waals surface area contributed by atoms with E-state index in [4.69, 9.17) is 0 Å². The molecule has 4 heteroatoms. The lowest BCUT2D eigenvalue weighted by Crippen LogP contribution is -2.22. The second kappa shape index (κ2) is 4.27. The minimum Gasteiger partial charge on any atom is -0.350 e. The summed E-state index contributed by atoms with van der Waals surface area (Å²) in [7, 11) is 1.76. The maximum atomic E-state index is 12.1. The van der Waals surface area contributed by atoms with Gasteiger partial charge in [-0.15, -0.1) is 0 Å². The van der Waals surface area contributed by atoms with Crippen LogP contribution in [0.4, 0.5) is 0 Å². The molecule has 0 radical (unpaired) electrons. The fraction of sp³-hybridized carbons (Fsp3) is 0.429. The first-order chi connectivity index (χ1) is 8.28. The zero-order valence-corrected chi connectivity index (χ0v) is 11.7. The van der Waals surface area contributed by atoms with Crippen molar-refractivity contribution in [1.29, 1.82) is 0 Å². The van der Waals surface area contributed by atoms with Crippen LogP contribution >= 0.6 is 0 Å². The predicted octanol–water partition coefficient (Wildman–Crippen LogP) is 1.69. The Kier molecular flexibility index (Phi) is 3.05. The molecule has 3 nitrogen and oxygen atoms in total. The van der Waals surface area contributed by atoms with Crippen molar-refractivity contribution in [3.63, 3.8) is 0 Å². The highest BCUT2D eigenvalue weighted by molar-refractivity contribution is 6.07. The summed E-state index contributed by atoms with van der Waals surface area (Å²) >= 11 is 0. The molecule has 1 heterocycles. The van der Waals surface area contributed by atoms with Gasteiger partial charge in [0.15, 0.2) is 0 Å². The molecule has 2 aromatic rings. The fourth-order valence-corrected chi connectivity index (χ4v) is 2.15. The Morgan fingerprint density at radius 3 is 2.61 bits per heavy atom. The molecule has 0 fully saturated rings. The van der Waals surface area contributed by atoms with E-state index in [9.17, 15) is 4.79 Å². The van der Waals surface area contributed by atoms with Gasteiger partial charge in [0.05, 0.1) is 16.7 Å². The number of aromatic nitrogens is 2. The van der Waals surface area contributed by atoms with E-state index < -0.39 is 0 Å². The van der Waals surface area contributed by atoms with Gasteiger partial charge in [0, 0.05) is 0 Å². The Morgan fingerprint density at radius 1 is 1.33 bits per heavy atom. The van der Waals surface area contributed by atoms with Crippen molar-refractivity contribution < 1.29 is 0 Å². The molecule has 0 atom stereocenters. The van der Waals surface area contributed by atoms with E-state index in [1.165, 1.54) is 5.56 Å². The van der Waals surface area contributed by atoms with Crippen LogP contribution in [0.15, 0.2) is 23.0 Å². The van der Waals surface area contributed by atoms with E-state index in [2.05, 4.69) is 25.8 Å². The van der Waals surface area contributed by atoms with Gasteiger partial charge >= 0.3 is 0 Å². The molecular weight excluding hydrogens is 223 g/mol. The average Bonchev–Trinajstić information content (AvgIpc) is 2.23. The van der Waals surface area contributed by atoms with Crippen molar-refractivity contribution in [3.05, 3.63) is 39.9 Å². The Morgan fingerprint density at radius 2 is 2.00 bits per heavy atom. The van der Waals surface area contributed by atoms with Crippen LogP contribution in [-0.4, -0.2) is 17.4 Å². The smallest absolute Gasteiger partial charge is 0.248 e. The number of nitrogens with zero attached hydrogens (tertiary/aromatic N) is 2. The molecule has 0 unspecified atom stereocenters. The molecule has 1 aromatic carbocycles. The third kappa shape index (κ3) is 2.47. The van der Waals surface area contributed by atoms with E-state index in [1.54, 1.807) is 12.5 Å². The maximum Gasteiger partial charge on any atom is 0.248 e. The van der Waals surface area contributed by atoms with Gasteiger partial charge in [0.2, 0.25) is 13.5 Å². The molecule has 1 aromatic heterocycles. The van der Waals surface area contributed by atoms with Crippen LogP contribution < -0.4 is 5.56 Å². The fourth-order valence-electron chi connectivity index (χ4n) is 2.15. The van der Waals surface area contributed by atoms with Gasteiger partial charge in [-0.2, -0.15) is 0 Å². The van der Waals surface area contributed by atoms with Gasteiger partial charge in [0.1, 0.15) is 0 Å². The maximum absolute atomic E-state index is 12.1. The molecule has 0 aliphatic heterocycles. The van der Waals surface area contributed by atoms with Crippen molar-refractivity contribution in [1.82, 2.24) is 9.46 Å². The minimum atomic E-state index is 0.0276. The summed E-state index contributed by atoms with van der Waals surface area (Å²) in [5, 5.41) is 0.695. The second-order valence-electron chi connectivity index (χ2n) is 6.11. The van der Waals surface area contributed by atoms with Gasteiger partial charge < -0.3 is 4.48 Å². The van der Waals surface area contributed by atoms with Crippen molar-refractivity contribution >= 4 is 18.9 Å². The number of benzene rings is 1. The van der Waals surface area contributed by atoms with Gasteiger partial charge in [-0.25, -0.2) is 4.98 Å². The lowest BCUT2D eigenvalue weighted by Gasteiger charge is -2.18. The number of fused-ring (bicyclic) bond motifs is 1. The van der Waals surface area contributed by atoms with Crippen LogP contribution in [0.1, 0.15) is 32.2 Å². The van der Waals surface area contributed by atoms with Crippen LogP contribution in [-0.2, 0) is 6.42 Å². The molecule has 0 amide bonds. The molecule has 0 bridgehead atoms. The number of aryl methyl sites for hydroxylation is 1. The van der Waals surface area contributed by atoms with E-state index in [-0.39, 0.29) is 11.0 Å². The van der Waals surface area contributed by atoms with Crippen LogP contribution in [0, 0.1) is 12.3 Å². The standard InChI is InChI=1S/C14H19BN2O/c1-9-16-12-7-10(8-14(2,3)4)5-6-11(12)13(18)17(9)15/h5-7H,8,15H2,1-4H3. The third-order valence-corrected chi connectivity index (χ3v) is 3.10. The highest BCUT2D eigenvalue weighted by atomic mass is 16.1. The van der Waals surface area contributed by atoms with Crippen molar-refractivity contribution in [3.8, 4) is 0 Å². The van der Waals surface area contributed by atoms with Crippen LogP contribution in [0.3, 0.4) is 0 Å². The summed E-state index contributed by atoms with van der Waals surface area (Å²) in [5.41, 5.74) is 2.30. The Bertz CT molecular complexity index is 653. The number of hydrogen-bond donors (Lipinski definition) is 0. The van der Waals surface area contributed by atoms with Crippen LogP contribution in [0.2, 0.25) is 0 Å². The Balaban J connectivity index is 2.60. The quantitative estimate of drug-likeness (QED) is 0.713. The van der Waals surface area contributed by atoms with Gasteiger partial charge in [-0.05, 0) is 36.5 Å². The third-order valence-electron chi connectivity index (χ3n) is 3.10. The van der Waals surface area contributed by atoms with E-state index in [0.717, 1.165) is 17.8 Å². The first kappa shape index (κ1) is 12.9. The first-order valence-electron chi connectivity index (χ1n) is 6.24. The highest BCUT2D eigenvalue weighted by Crippen LogP contribution is 2.22. The summed E-state index contributed by atoms with van der Waals surface area (Å²) in [6.45, 7) is 8.48. The second-order valence-corrected chi connectivity index (χ2v) is 6.11. The molecule has 0 N–H and O–H groups in total. The van der Waals surface area contributed by atoms with E-state index in [0.29, 0.717) is 5.39 Å². The van der Waals surface area contributed by atoms with Crippen molar-refractivity contribution in [2.75, 3.05) is 0 Å². The van der Waals surface area contributed by atoms with Gasteiger partial charge in [-0.1, -0.05) is 26.8 Å². The topological polar surface area (TPSA) is 34.9 Å². The predicted molar refractivity (Wildman–Crippen MR) is 77.8 cm³/mol. The van der Waals surface area contributed by atoms with Gasteiger partial charge in [-0.3, -0.25) is 4.79 Å². The molecular formula is C14H19BN2O. The molecule has 18 heavy (non-hydrogen) atoms. The molecule has 0 saturated heterocycles. The Hall–Kier alpha value is -1.58. The number of hydrogen-bond acceptors (Lipinski definition) is 2. The van der Waals surface area contributed by atoms with Crippen LogP contribution in [0.25, 0.3) is 10.9 Å². The molecule has 0 spiro atoms. The van der Waals surface area contributed by atoms with E-state index >= 15 is 0 Å². The summed E-state index contributed by atoms with van der Waals surface area (Å²) in [6, 6.07) is 5.96. The van der Waals surface area contributed by atoms with Crippen molar-refractivity contribution in [2.24, 2.45) is 5.41 Å². The highest BCUT2D eigenvalue weighted by Gasteiger charge is 2.12. The molecule has 0 saturated carbocycles. The minimum absolute atomic E-state index is 0.0276. The lowest BCUT2D eigenvalue weighted by molar-refractivity contribution is 0.411. The molecule has 0 aliphatic carbocycles. The normalized spacial score (nSPS) is 12.0.